The highest BCUT2D eigenvalue weighted by Crippen LogP contribution is 2.33. The number of hydrogen-bond donors (Lipinski definition) is 2. The van der Waals surface area contributed by atoms with Crippen LogP contribution in [0.2, 0.25) is 0 Å². The van der Waals surface area contributed by atoms with Crippen molar-refractivity contribution in [2.24, 2.45) is 0 Å². The minimum atomic E-state index is 0.465. The van der Waals surface area contributed by atoms with Gasteiger partial charge in [-0.15, -0.1) is 11.8 Å². The molecule has 3 N–H and O–H groups in total. The van der Waals surface area contributed by atoms with Gasteiger partial charge in [-0.3, -0.25) is 10.1 Å². The van der Waals surface area contributed by atoms with Gasteiger partial charge in [0.1, 0.15) is 0 Å². The molecule has 2 heterocycles. The Hall–Kier alpha value is -2.27. The number of benzene rings is 1. The molecule has 3 rings (SSSR count). The number of nitrogens with one attached hydrogen (secondary N) is 1. The Kier molecular flexibility index (Phi) is 3.43. The normalized spacial score (nSPS) is 10.7. The van der Waals surface area contributed by atoms with Crippen LogP contribution >= 0.6 is 11.8 Å². The van der Waals surface area contributed by atoms with E-state index in [9.17, 15) is 0 Å². The number of thioether (sulfide) groups is 1. The highest BCUT2D eigenvalue weighted by Gasteiger charge is 2.15. The highest BCUT2D eigenvalue weighted by atomic mass is 32.2. The molecule has 0 atom stereocenters. The maximum atomic E-state index is 5.98. The van der Waals surface area contributed by atoms with Crippen molar-refractivity contribution in [2.75, 3.05) is 12.0 Å². The Labute approximate surface area is 121 Å². The summed E-state index contributed by atoms with van der Waals surface area (Å²) in [5.41, 5.74) is 9.60. The van der Waals surface area contributed by atoms with Crippen LogP contribution in [0.25, 0.3) is 22.5 Å². The third-order valence-electron chi connectivity index (χ3n) is 3.09. The van der Waals surface area contributed by atoms with Gasteiger partial charge in [-0.2, -0.15) is 5.10 Å². The fourth-order valence-electron chi connectivity index (χ4n) is 2.09. The van der Waals surface area contributed by atoms with Crippen LogP contribution in [-0.4, -0.2) is 21.4 Å². The van der Waals surface area contributed by atoms with E-state index >= 15 is 0 Å². The van der Waals surface area contributed by atoms with Crippen LogP contribution in [0.4, 0.5) is 5.82 Å². The summed E-state index contributed by atoms with van der Waals surface area (Å²) < 4.78 is 0. The molecule has 5 heteroatoms. The molecule has 0 fully saturated rings. The molecule has 0 aliphatic rings. The van der Waals surface area contributed by atoms with Gasteiger partial charge in [0.15, 0.2) is 5.82 Å². The van der Waals surface area contributed by atoms with Gasteiger partial charge in [0.25, 0.3) is 0 Å². The molecule has 4 nitrogen and oxygen atoms in total. The van der Waals surface area contributed by atoms with Crippen LogP contribution in [0, 0.1) is 0 Å². The summed E-state index contributed by atoms with van der Waals surface area (Å²) in [5, 5.41) is 7.12. The Morgan fingerprint density at radius 2 is 1.90 bits per heavy atom. The Bertz CT molecular complexity index is 704. The van der Waals surface area contributed by atoms with Crippen molar-refractivity contribution in [3.05, 3.63) is 48.7 Å². The van der Waals surface area contributed by atoms with E-state index in [1.165, 1.54) is 4.90 Å². The lowest BCUT2D eigenvalue weighted by molar-refractivity contribution is 1.10. The minimum absolute atomic E-state index is 0.465. The third-order valence-corrected chi connectivity index (χ3v) is 3.84. The number of anilines is 1. The first-order chi connectivity index (χ1) is 9.79. The molecule has 2 aromatic heterocycles. The Morgan fingerprint density at radius 1 is 1.10 bits per heavy atom. The number of pyridine rings is 1. The molecule has 0 saturated carbocycles. The topological polar surface area (TPSA) is 67.6 Å². The van der Waals surface area contributed by atoms with E-state index < -0.39 is 0 Å². The number of aromatic nitrogens is 3. The van der Waals surface area contributed by atoms with Gasteiger partial charge in [0.2, 0.25) is 0 Å². The van der Waals surface area contributed by atoms with E-state index in [0.29, 0.717) is 5.82 Å². The molecule has 0 amide bonds. The van der Waals surface area contributed by atoms with E-state index in [1.54, 1.807) is 18.0 Å². The first-order valence-corrected chi connectivity index (χ1v) is 7.41. The maximum Gasteiger partial charge on any atom is 0.155 e. The first-order valence-electron chi connectivity index (χ1n) is 6.19. The van der Waals surface area contributed by atoms with Gasteiger partial charge in [-0.1, -0.05) is 18.2 Å². The lowest BCUT2D eigenvalue weighted by atomic mass is 10.0. The molecule has 20 heavy (non-hydrogen) atoms. The van der Waals surface area contributed by atoms with Crippen LogP contribution in [-0.2, 0) is 0 Å². The Balaban J connectivity index is 2.11. The zero-order valence-electron chi connectivity index (χ0n) is 11.0. The summed E-state index contributed by atoms with van der Waals surface area (Å²) in [6.07, 6.45) is 3.81. The SMILES string of the molecule is CSc1ccc(-c2[nH]nc(N)c2-c2ccccn2)cc1. The monoisotopic (exact) mass is 282 g/mol. The van der Waals surface area contributed by atoms with Crippen molar-refractivity contribution in [1.29, 1.82) is 0 Å². The number of H-pyrrole nitrogens is 1. The molecule has 0 unspecified atom stereocenters. The van der Waals surface area contributed by atoms with Crippen molar-refractivity contribution in [3.63, 3.8) is 0 Å². The molecular weight excluding hydrogens is 268 g/mol. The molecule has 1 aromatic carbocycles. The lowest BCUT2D eigenvalue weighted by Crippen LogP contribution is -1.90. The second-order valence-corrected chi connectivity index (χ2v) is 5.18. The van der Waals surface area contributed by atoms with Gasteiger partial charge in [0.05, 0.1) is 17.0 Å². The molecule has 0 aliphatic carbocycles. The molecule has 0 saturated heterocycles. The quantitative estimate of drug-likeness (QED) is 0.722. The summed E-state index contributed by atoms with van der Waals surface area (Å²) in [5.74, 6) is 0.465. The molecule has 100 valence electrons. The van der Waals surface area contributed by atoms with Gasteiger partial charge in [-0.05, 0) is 30.5 Å². The van der Waals surface area contributed by atoms with Gasteiger partial charge in [-0.25, -0.2) is 0 Å². The van der Waals surface area contributed by atoms with Crippen LogP contribution in [0.1, 0.15) is 0 Å². The number of nitrogens with two attached hydrogens (primary N) is 1. The second kappa shape index (κ2) is 5.38. The molecule has 0 spiro atoms. The predicted molar refractivity (Wildman–Crippen MR) is 83.4 cm³/mol. The molecule has 0 bridgehead atoms. The largest absolute Gasteiger partial charge is 0.382 e. The second-order valence-electron chi connectivity index (χ2n) is 4.30. The fraction of sp³-hybridized carbons (Fsp3) is 0.0667. The molecule has 3 aromatic rings. The van der Waals surface area contributed by atoms with E-state index in [2.05, 4.69) is 45.7 Å². The average Bonchev–Trinajstić information content (AvgIpc) is 2.90. The average molecular weight is 282 g/mol. The van der Waals surface area contributed by atoms with E-state index in [1.807, 2.05) is 18.2 Å². The summed E-state index contributed by atoms with van der Waals surface area (Å²) >= 11 is 1.72. The molecule has 0 aliphatic heterocycles. The number of nitrogen functional groups attached to an aromatic ring is 1. The van der Waals surface area contributed by atoms with E-state index in [4.69, 9.17) is 5.73 Å². The van der Waals surface area contributed by atoms with Crippen LogP contribution in [0.5, 0.6) is 0 Å². The maximum absolute atomic E-state index is 5.98. The summed E-state index contributed by atoms with van der Waals surface area (Å²) in [6.45, 7) is 0. The number of nitrogens with zero attached hydrogens (tertiary/aromatic N) is 2. The van der Waals surface area contributed by atoms with Crippen molar-refractivity contribution < 1.29 is 0 Å². The van der Waals surface area contributed by atoms with Crippen molar-refractivity contribution in [2.45, 2.75) is 4.90 Å². The van der Waals surface area contributed by atoms with Crippen LogP contribution in [0.15, 0.2) is 53.6 Å². The predicted octanol–water partition coefficient (Wildman–Crippen LogP) is 3.44. The summed E-state index contributed by atoms with van der Waals surface area (Å²) in [4.78, 5) is 5.58. The van der Waals surface area contributed by atoms with Crippen LogP contribution in [0.3, 0.4) is 0 Å². The highest BCUT2D eigenvalue weighted by molar-refractivity contribution is 7.98. The minimum Gasteiger partial charge on any atom is -0.382 e. The summed E-state index contributed by atoms with van der Waals surface area (Å²) in [6, 6.07) is 14.0. The standard InChI is InChI=1S/C15H14N4S/c1-20-11-7-5-10(6-8-11)14-13(15(16)19-18-14)12-4-2-3-9-17-12/h2-9H,1H3,(H3,16,18,19). The first kappa shape index (κ1) is 12.7. The van der Waals surface area contributed by atoms with Crippen molar-refractivity contribution >= 4 is 17.6 Å². The Morgan fingerprint density at radius 3 is 2.55 bits per heavy atom. The lowest BCUT2D eigenvalue weighted by Gasteiger charge is -2.04. The van der Waals surface area contributed by atoms with Gasteiger partial charge in [0, 0.05) is 16.7 Å². The molecule has 0 radical (unpaired) electrons. The smallest absolute Gasteiger partial charge is 0.155 e. The number of rotatable bonds is 3. The van der Waals surface area contributed by atoms with Gasteiger partial charge < -0.3 is 5.73 Å². The summed E-state index contributed by atoms with van der Waals surface area (Å²) in [7, 11) is 0. The number of aromatic amines is 1. The van der Waals surface area contributed by atoms with Crippen molar-refractivity contribution in [3.8, 4) is 22.5 Å². The number of hydrogen-bond acceptors (Lipinski definition) is 4. The van der Waals surface area contributed by atoms with E-state index in [0.717, 1.165) is 22.5 Å². The van der Waals surface area contributed by atoms with Gasteiger partial charge >= 0.3 is 0 Å². The van der Waals surface area contributed by atoms with Crippen LogP contribution < -0.4 is 5.73 Å². The fourth-order valence-corrected chi connectivity index (χ4v) is 2.50. The van der Waals surface area contributed by atoms with Crippen molar-refractivity contribution in [1.82, 2.24) is 15.2 Å². The zero-order valence-corrected chi connectivity index (χ0v) is 11.8. The zero-order chi connectivity index (χ0) is 13.9. The molecular formula is C15H14N4S. The van der Waals surface area contributed by atoms with E-state index in [-0.39, 0.29) is 0 Å². The third kappa shape index (κ3) is 2.28.